The molecule has 5 nitrogen and oxygen atoms in total. The fourth-order valence-corrected chi connectivity index (χ4v) is 2.05. The van der Waals surface area contributed by atoms with Gasteiger partial charge in [-0.15, -0.1) is 0 Å². The predicted octanol–water partition coefficient (Wildman–Crippen LogP) is 3.19. The lowest BCUT2D eigenvalue weighted by molar-refractivity contribution is -0.144. The second-order valence-corrected chi connectivity index (χ2v) is 5.28. The molecule has 0 aliphatic heterocycles. The number of aliphatic carboxylic acids is 1. The van der Waals surface area contributed by atoms with Gasteiger partial charge in [-0.05, 0) is 30.2 Å². The minimum Gasteiger partial charge on any atom is -0.479 e. The van der Waals surface area contributed by atoms with Crippen molar-refractivity contribution < 1.29 is 28.2 Å². The number of carbonyl (C=O) groups is 2. The Morgan fingerprint density at radius 3 is 2.25 bits per heavy atom. The molecule has 24 heavy (non-hydrogen) atoms. The molecule has 0 bridgehead atoms. The molecular formula is C17H15F2NO4. The summed E-state index contributed by atoms with van der Waals surface area (Å²) in [6.45, 7) is 1.05. The molecule has 1 unspecified atom stereocenters. The van der Waals surface area contributed by atoms with Gasteiger partial charge < -0.3 is 15.2 Å². The minimum atomic E-state index is -2.04. The van der Waals surface area contributed by atoms with Crippen LogP contribution in [0.4, 0.5) is 13.6 Å². The van der Waals surface area contributed by atoms with E-state index in [-0.39, 0.29) is 12.2 Å². The molecule has 0 aliphatic carbocycles. The van der Waals surface area contributed by atoms with Crippen molar-refractivity contribution in [2.24, 2.45) is 0 Å². The van der Waals surface area contributed by atoms with Crippen LogP contribution in [0.1, 0.15) is 18.1 Å². The van der Waals surface area contributed by atoms with Crippen molar-refractivity contribution in [2.45, 2.75) is 19.1 Å². The number of rotatable bonds is 5. The summed E-state index contributed by atoms with van der Waals surface area (Å²) in [6.07, 6.45) is -1.02. The van der Waals surface area contributed by atoms with E-state index in [4.69, 9.17) is 4.74 Å². The third-order valence-electron chi connectivity index (χ3n) is 3.43. The van der Waals surface area contributed by atoms with E-state index in [1.54, 1.807) is 30.3 Å². The summed E-state index contributed by atoms with van der Waals surface area (Å²) in [5.41, 5.74) is -1.58. The third kappa shape index (κ3) is 4.07. The zero-order valence-corrected chi connectivity index (χ0v) is 12.8. The Bertz CT molecular complexity index is 731. The van der Waals surface area contributed by atoms with Crippen LogP contribution in [0.3, 0.4) is 0 Å². The van der Waals surface area contributed by atoms with Crippen LogP contribution in [0.25, 0.3) is 0 Å². The number of amides is 1. The van der Waals surface area contributed by atoms with Crippen LogP contribution < -0.4 is 5.32 Å². The summed E-state index contributed by atoms with van der Waals surface area (Å²) in [5.74, 6) is -3.38. The average molecular weight is 335 g/mol. The number of halogens is 2. The SMILES string of the molecule is CC(NC(=O)OCc1ccccc1)(C(=O)O)c1cc(F)cc(F)c1. The van der Waals surface area contributed by atoms with Crippen molar-refractivity contribution in [1.82, 2.24) is 5.32 Å². The van der Waals surface area contributed by atoms with Gasteiger partial charge in [0.2, 0.25) is 0 Å². The Kier molecular flexibility index (Phi) is 5.13. The predicted molar refractivity (Wildman–Crippen MR) is 81.1 cm³/mol. The molecule has 126 valence electrons. The average Bonchev–Trinajstić information content (AvgIpc) is 2.52. The zero-order chi connectivity index (χ0) is 17.7. The number of nitrogens with one attached hydrogen (secondary N) is 1. The first-order valence-corrected chi connectivity index (χ1v) is 7.00. The lowest BCUT2D eigenvalue weighted by Crippen LogP contribution is -2.49. The molecule has 1 atom stereocenters. The molecule has 0 aliphatic rings. The van der Waals surface area contributed by atoms with Crippen LogP contribution in [0.5, 0.6) is 0 Å². The molecular weight excluding hydrogens is 320 g/mol. The summed E-state index contributed by atoms with van der Waals surface area (Å²) in [5, 5.41) is 11.5. The number of hydrogen-bond donors (Lipinski definition) is 2. The molecule has 0 aromatic heterocycles. The van der Waals surface area contributed by atoms with Gasteiger partial charge in [0.25, 0.3) is 0 Å². The molecule has 0 fully saturated rings. The van der Waals surface area contributed by atoms with Gasteiger partial charge in [0.1, 0.15) is 18.2 Å². The fraction of sp³-hybridized carbons (Fsp3) is 0.176. The van der Waals surface area contributed by atoms with Crippen LogP contribution in [0.15, 0.2) is 48.5 Å². The lowest BCUT2D eigenvalue weighted by Gasteiger charge is -2.26. The highest BCUT2D eigenvalue weighted by atomic mass is 19.1. The zero-order valence-electron chi connectivity index (χ0n) is 12.8. The molecule has 1 amide bonds. The number of carboxylic acid groups (broad SMARTS) is 1. The molecule has 2 N–H and O–H groups in total. The van der Waals surface area contributed by atoms with Crippen molar-refractivity contribution >= 4 is 12.1 Å². The van der Waals surface area contributed by atoms with Gasteiger partial charge in [-0.25, -0.2) is 18.4 Å². The standard InChI is InChI=1S/C17H15F2NO4/c1-17(15(21)22,12-7-13(18)9-14(19)8-12)20-16(23)24-10-11-5-3-2-4-6-11/h2-9H,10H2,1H3,(H,20,23)(H,21,22). The van der Waals surface area contributed by atoms with E-state index in [0.29, 0.717) is 11.6 Å². The van der Waals surface area contributed by atoms with E-state index in [0.717, 1.165) is 19.1 Å². The Balaban J connectivity index is 2.15. The monoisotopic (exact) mass is 335 g/mol. The number of carboxylic acids is 1. The van der Waals surface area contributed by atoms with Gasteiger partial charge >= 0.3 is 12.1 Å². The van der Waals surface area contributed by atoms with Crippen LogP contribution in [0, 0.1) is 11.6 Å². The summed E-state index contributed by atoms with van der Waals surface area (Å²) < 4.78 is 31.7. The summed E-state index contributed by atoms with van der Waals surface area (Å²) >= 11 is 0. The highest BCUT2D eigenvalue weighted by Gasteiger charge is 2.38. The van der Waals surface area contributed by atoms with Gasteiger partial charge in [0, 0.05) is 6.07 Å². The van der Waals surface area contributed by atoms with E-state index in [9.17, 15) is 23.5 Å². The number of alkyl carbamates (subject to hydrolysis) is 1. The Labute approximate surface area is 136 Å². The second kappa shape index (κ2) is 7.08. The molecule has 0 heterocycles. The van der Waals surface area contributed by atoms with Crippen LogP contribution >= 0.6 is 0 Å². The molecule has 2 aromatic rings. The highest BCUT2D eigenvalue weighted by Crippen LogP contribution is 2.23. The van der Waals surface area contributed by atoms with E-state index < -0.39 is 29.2 Å². The van der Waals surface area contributed by atoms with Crippen molar-refractivity contribution in [3.05, 3.63) is 71.3 Å². The number of ether oxygens (including phenoxy) is 1. The molecule has 2 rings (SSSR count). The van der Waals surface area contributed by atoms with Gasteiger partial charge in [-0.1, -0.05) is 30.3 Å². The largest absolute Gasteiger partial charge is 0.479 e. The summed E-state index contributed by atoms with van der Waals surface area (Å²) in [6, 6.07) is 11.1. The van der Waals surface area contributed by atoms with Gasteiger partial charge in [0.15, 0.2) is 5.54 Å². The van der Waals surface area contributed by atoms with Crippen molar-refractivity contribution in [3.63, 3.8) is 0 Å². The van der Waals surface area contributed by atoms with Gasteiger partial charge in [-0.3, -0.25) is 0 Å². The first-order valence-electron chi connectivity index (χ1n) is 7.00. The van der Waals surface area contributed by atoms with E-state index >= 15 is 0 Å². The third-order valence-corrected chi connectivity index (χ3v) is 3.43. The van der Waals surface area contributed by atoms with Crippen LogP contribution in [-0.4, -0.2) is 17.2 Å². The Morgan fingerprint density at radius 2 is 1.71 bits per heavy atom. The smallest absolute Gasteiger partial charge is 0.408 e. The van der Waals surface area contributed by atoms with Crippen molar-refractivity contribution in [1.29, 1.82) is 0 Å². The van der Waals surface area contributed by atoms with Crippen LogP contribution in [-0.2, 0) is 21.7 Å². The molecule has 7 heteroatoms. The first kappa shape index (κ1) is 17.4. The molecule has 0 spiro atoms. The van der Waals surface area contributed by atoms with Gasteiger partial charge in [-0.2, -0.15) is 0 Å². The van der Waals surface area contributed by atoms with Crippen molar-refractivity contribution in [2.75, 3.05) is 0 Å². The summed E-state index contributed by atoms with van der Waals surface area (Å²) in [4.78, 5) is 23.4. The van der Waals surface area contributed by atoms with E-state index in [1.165, 1.54) is 0 Å². The minimum absolute atomic E-state index is 0.0696. The molecule has 2 aromatic carbocycles. The Hall–Kier alpha value is -2.96. The lowest BCUT2D eigenvalue weighted by atomic mass is 9.92. The topological polar surface area (TPSA) is 75.6 Å². The second-order valence-electron chi connectivity index (χ2n) is 5.28. The number of hydrogen-bond acceptors (Lipinski definition) is 3. The number of carbonyl (C=O) groups excluding carboxylic acids is 1. The maximum absolute atomic E-state index is 13.4. The summed E-state index contributed by atoms with van der Waals surface area (Å²) in [7, 11) is 0. The molecule has 0 saturated heterocycles. The maximum atomic E-state index is 13.4. The van der Waals surface area contributed by atoms with Crippen LogP contribution in [0.2, 0.25) is 0 Å². The maximum Gasteiger partial charge on any atom is 0.408 e. The first-order chi connectivity index (χ1) is 11.3. The number of benzene rings is 2. The van der Waals surface area contributed by atoms with E-state index in [2.05, 4.69) is 5.32 Å². The van der Waals surface area contributed by atoms with Crippen molar-refractivity contribution in [3.8, 4) is 0 Å². The highest BCUT2D eigenvalue weighted by molar-refractivity contribution is 5.85. The molecule has 0 saturated carbocycles. The normalized spacial score (nSPS) is 13.0. The van der Waals surface area contributed by atoms with Gasteiger partial charge in [0.05, 0.1) is 0 Å². The molecule has 0 radical (unpaired) electrons. The fourth-order valence-electron chi connectivity index (χ4n) is 2.05. The quantitative estimate of drug-likeness (QED) is 0.880. The Morgan fingerprint density at radius 1 is 1.12 bits per heavy atom. The van der Waals surface area contributed by atoms with E-state index in [1.807, 2.05) is 0 Å².